The summed E-state index contributed by atoms with van der Waals surface area (Å²) in [5.74, 6) is 0.496. The number of hydrogen-bond donors (Lipinski definition) is 1. The first kappa shape index (κ1) is 12.5. The van der Waals surface area contributed by atoms with E-state index in [0.717, 1.165) is 19.3 Å². The molecule has 1 saturated carbocycles. The summed E-state index contributed by atoms with van der Waals surface area (Å²) >= 11 is 0. The monoisotopic (exact) mass is 214 g/mol. The molecule has 0 bridgehead atoms. The molecule has 0 spiro atoms. The maximum atomic E-state index is 11.6. The Morgan fingerprint density at radius 3 is 2.47 bits per heavy atom. The summed E-state index contributed by atoms with van der Waals surface area (Å²) in [6.07, 6.45) is 3.68. The van der Waals surface area contributed by atoms with Gasteiger partial charge in [0, 0.05) is 13.0 Å². The third-order valence-electron chi connectivity index (χ3n) is 2.90. The molecule has 3 heteroatoms. The molecule has 0 aromatic rings. The van der Waals surface area contributed by atoms with Crippen molar-refractivity contribution in [3.05, 3.63) is 0 Å². The van der Waals surface area contributed by atoms with Crippen molar-refractivity contribution in [2.24, 2.45) is 11.8 Å². The van der Waals surface area contributed by atoms with E-state index in [-0.39, 0.29) is 12.6 Å². The van der Waals surface area contributed by atoms with Gasteiger partial charge < -0.3 is 9.84 Å². The van der Waals surface area contributed by atoms with Crippen LogP contribution in [-0.4, -0.2) is 23.3 Å². The van der Waals surface area contributed by atoms with Crippen LogP contribution in [0.15, 0.2) is 0 Å². The van der Waals surface area contributed by atoms with Crippen LogP contribution >= 0.6 is 0 Å². The quantitative estimate of drug-likeness (QED) is 0.732. The summed E-state index contributed by atoms with van der Waals surface area (Å²) in [6, 6.07) is 0. The van der Waals surface area contributed by atoms with E-state index >= 15 is 0 Å². The summed E-state index contributed by atoms with van der Waals surface area (Å²) in [6.45, 7) is 5.84. The van der Waals surface area contributed by atoms with Crippen molar-refractivity contribution >= 4 is 5.97 Å². The molecule has 1 aliphatic carbocycles. The first-order valence-electron chi connectivity index (χ1n) is 5.75. The highest BCUT2D eigenvalue weighted by Gasteiger charge is 2.30. The Hall–Kier alpha value is -0.570. The third kappa shape index (κ3) is 4.20. The number of carbonyl (C=O) groups is 1. The lowest BCUT2D eigenvalue weighted by Gasteiger charge is -2.22. The molecule has 0 saturated heterocycles. The van der Waals surface area contributed by atoms with Gasteiger partial charge in [-0.3, -0.25) is 4.79 Å². The fourth-order valence-corrected chi connectivity index (χ4v) is 2.22. The molecule has 3 nitrogen and oxygen atoms in total. The SMILES string of the molecule is CC(C)(C)OC(=O)C[C@H]1CCC[C@@H]1CO. The van der Waals surface area contributed by atoms with Crippen LogP contribution in [0, 0.1) is 11.8 Å². The van der Waals surface area contributed by atoms with Gasteiger partial charge >= 0.3 is 5.97 Å². The van der Waals surface area contributed by atoms with Gasteiger partial charge in [0.1, 0.15) is 5.60 Å². The number of ether oxygens (including phenoxy) is 1. The van der Waals surface area contributed by atoms with Gasteiger partial charge in [0.25, 0.3) is 0 Å². The molecule has 1 aliphatic rings. The smallest absolute Gasteiger partial charge is 0.306 e. The Kier molecular flexibility index (Phi) is 4.14. The summed E-state index contributed by atoms with van der Waals surface area (Å²) in [5.41, 5.74) is -0.398. The van der Waals surface area contributed by atoms with Gasteiger partial charge in [0.15, 0.2) is 0 Å². The average Bonchev–Trinajstić information content (AvgIpc) is 2.48. The number of carbonyl (C=O) groups excluding carboxylic acids is 1. The molecule has 1 N–H and O–H groups in total. The predicted molar refractivity (Wildman–Crippen MR) is 58.4 cm³/mol. The van der Waals surface area contributed by atoms with Crippen LogP contribution < -0.4 is 0 Å². The zero-order chi connectivity index (χ0) is 11.5. The number of aliphatic hydroxyl groups is 1. The fourth-order valence-electron chi connectivity index (χ4n) is 2.22. The van der Waals surface area contributed by atoms with Crippen molar-refractivity contribution in [2.45, 2.75) is 52.1 Å². The van der Waals surface area contributed by atoms with E-state index in [2.05, 4.69) is 0 Å². The Morgan fingerprint density at radius 2 is 1.93 bits per heavy atom. The number of aliphatic hydroxyl groups excluding tert-OH is 1. The second-order valence-corrected chi connectivity index (χ2v) is 5.42. The van der Waals surface area contributed by atoms with Crippen LogP contribution in [0.3, 0.4) is 0 Å². The van der Waals surface area contributed by atoms with E-state index < -0.39 is 5.60 Å². The van der Waals surface area contributed by atoms with Crippen molar-refractivity contribution in [1.82, 2.24) is 0 Å². The second kappa shape index (κ2) is 4.97. The lowest BCUT2D eigenvalue weighted by molar-refractivity contribution is -0.156. The molecular weight excluding hydrogens is 192 g/mol. The minimum absolute atomic E-state index is 0.132. The summed E-state index contributed by atoms with van der Waals surface area (Å²) in [5, 5.41) is 9.13. The lowest BCUT2D eigenvalue weighted by atomic mass is 9.94. The standard InChI is InChI=1S/C12H22O3/c1-12(2,3)15-11(14)7-9-5-4-6-10(9)8-13/h9-10,13H,4-8H2,1-3H3/t9-,10-/m1/s1. The maximum Gasteiger partial charge on any atom is 0.306 e. The van der Waals surface area contributed by atoms with Gasteiger partial charge in [0.2, 0.25) is 0 Å². The van der Waals surface area contributed by atoms with Gasteiger partial charge in [-0.15, -0.1) is 0 Å². The van der Waals surface area contributed by atoms with Gasteiger partial charge in [-0.25, -0.2) is 0 Å². The van der Waals surface area contributed by atoms with Gasteiger partial charge in [0.05, 0.1) is 0 Å². The highest BCUT2D eigenvalue weighted by atomic mass is 16.6. The van der Waals surface area contributed by atoms with Gasteiger partial charge in [-0.05, 0) is 45.4 Å². The minimum atomic E-state index is -0.398. The Balaban J connectivity index is 2.37. The van der Waals surface area contributed by atoms with Crippen molar-refractivity contribution in [3.63, 3.8) is 0 Å². The molecular formula is C12H22O3. The zero-order valence-electron chi connectivity index (χ0n) is 9.95. The van der Waals surface area contributed by atoms with E-state index in [1.807, 2.05) is 20.8 Å². The molecule has 1 rings (SSSR count). The van der Waals surface area contributed by atoms with Crippen molar-refractivity contribution in [1.29, 1.82) is 0 Å². The van der Waals surface area contributed by atoms with Crippen LogP contribution in [0.4, 0.5) is 0 Å². The van der Waals surface area contributed by atoms with E-state index in [9.17, 15) is 4.79 Å². The predicted octanol–water partition coefficient (Wildman–Crippen LogP) is 2.13. The first-order chi connectivity index (χ1) is 6.92. The molecule has 0 radical (unpaired) electrons. The molecule has 0 aromatic carbocycles. The van der Waals surface area contributed by atoms with Crippen molar-refractivity contribution < 1.29 is 14.6 Å². The number of rotatable bonds is 3. The zero-order valence-corrected chi connectivity index (χ0v) is 9.95. The maximum absolute atomic E-state index is 11.6. The van der Waals surface area contributed by atoms with Gasteiger partial charge in [-0.2, -0.15) is 0 Å². The van der Waals surface area contributed by atoms with Crippen molar-refractivity contribution in [3.8, 4) is 0 Å². The molecule has 0 heterocycles. The van der Waals surface area contributed by atoms with Crippen LogP contribution in [0.2, 0.25) is 0 Å². The van der Waals surface area contributed by atoms with E-state index in [4.69, 9.17) is 9.84 Å². The Bertz CT molecular complexity index is 217. The Morgan fingerprint density at radius 1 is 1.33 bits per heavy atom. The second-order valence-electron chi connectivity index (χ2n) is 5.42. The van der Waals surface area contributed by atoms with Gasteiger partial charge in [-0.1, -0.05) is 6.42 Å². The summed E-state index contributed by atoms with van der Waals surface area (Å²) < 4.78 is 5.27. The third-order valence-corrected chi connectivity index (χ3v) is 2.90. The average molecular weight is 214 g/mol. The lowest BCUT2D eigenvalue weighted by Crippen LogP contribution is -2.26. The van der Waals surface area contributed by atoms with E-state index in [1.165, 1.54) is 0 Å². The van der Waals surface area contributed by atoms with E-state index in [0.29, 0.717) is 18.3 Å². The van der Waals surface area contributed by atoms with Crippen LogP contribution in [0.25, 0.3) is 0 Å². The molecule has 88 valence electrons. The van der Waals surface area contributed by atoms with Crippen LogP contribution in [0.5, 0.6) is 0 Å². The Labute approximate surface area is 91.8 Å². The van der Waals surface area contributed by atoms with Crippen LogP contribution in [-0.2, 0) is 9.53 Å². The normalized spacial score (nSPS) is 26.7. The highest BCUT2D eigenvalue weighted by Crippen LogP contribution is 2.34. The molecule has 2 atom stereocenters. The molecule has 15 heavy (non-hydrogen) atoms. The fraction of sp³-hybridized carbons (Fsp3) is 0.917. The molecule has 1 fully saturated rings. The highest BCUT2D eigenvalue weighted by molar-refractivity contribution is 5.70. The summed E-state index contributed by atoms with van der Waals surface area (Å²) in [4.78, 5) is 11.6. The number of esters is 1. The topological polar surface area (TPSA) is 46.5 Å². The number of hydrogen-bond acceptors (Lipinski definition) is 3. The first-order valence-corrected chi connectivity index (χ1v) is 5.75. The molecule has 0 aliphatic heterocycles. The largest absolute Gasteiger partial charge is 0.460 e. The van der Waals surface area contributed by atoms with Crippen LogP contribution in [0.1, 0.15) is 46.5 Å². The van der Waals surface area contributed by atoms with Crippen molar-refractivity contribution in [2.75, 3.05) is 6.61 Å². The summed E-state index contributed by atoms with van der Waals surface area (Å²) in [7, 11) is 0. The minimum Gasteiger partial charge on any atom is -0.460 e. The molecule has 0 aromatic heterocycles. The molecule has 0 unspecified atom stereocenters. The molecule has 0 amide bonds. The van der Waals surface area contributed by atoms with E-state index in [1.54, 1.807) is 0 Å².